The van der Waals surface area contributed by atoms with E-state index in [1.807, 2.05) is 54.6 Å². The van der Waals surface area contributed by atoms with Gasteiger partial charge in [-0.3, -0.25) is 0 Å². The molecule has 0 aromatic heterocycles. The summed E-state index contributed by atoms with van der Waals surface area (Å²) in [6, 6.07) is 30.8. The molecule has 1 saturated carbocycles. The minimum Gasteiger partial charge on any atom is -0.490 e. The molecule has 0 radical (unpaired) electrons. The second kappa shape index (κ2) is 15.8. The van der Waals surface area contributed by atoms with Gasteiger partial charge in [-0.15, -0.1) is 0 Å². The minimum absolute atomic E-state index is 0.130. The van der Waals surface area contributed by atoms with Crippen LogP contribution in [-0.2, 0) is 48.2 Å². The van der Waals surface area contributed by atoms with E-state index in [2.05, 4.69) is 42.5 Å². The van der Waals surface area contributed by atoms with Crippen molar-refractivity contribution in [2.75, 3.05) is 13.2 Å². The highest BCUT2D eigenvalue weighted by molar-refractivity contribution is 5.16. The lowest BCUT2D eigenvalue weighted by Gasteiger charge is -2.39. The minimum atomic E-state index is -0.335. The quantitative estimate of drug-likeness (QED) is 0.199. The van der Waals surface area contributed by atoms with Crippen molar-refractivity contribution in [2.45, 2.75) is 101 Å². The van der Waals surface area contributed by atoms with Crippen molar-refractivity contribution in [3.05, 3.63) is 120 Å². The fraction of sp³-hybridized carbons (Fsp3) is 0.474. The Morgan fingerprint density at radius 2 is 1.34 bits per heavy atom. The molecule has 1 aliphatic carbocycles. The van der Waals surface area contributed by atoms with Crippen molar-refractivity contribution < 1.29 is 28.4 Å². The maximum absolute atomic E-state index is 6.64. The molecule has 0 N–H and O–H groups in total. The van der Waals surface area contributed by atoms with Gasteiger partial charge in [0, 0.05) is 19.3 Å². The topological polar surface area (TPSA) is 55.4 Å². The second-order valence-corrected chi connectivity index (χ2v) is 12.2. The molecular formula is C38H46O6. The summed E-state index contributed by atoms with van der Waals surface area (Å²) in [5.74, 6) is 0.598. The summed E-state index contributed by atoms with van der Waals surface area (Å²) >= 11 is 0. The Hall–Kier alpha value is -3.00. The molecule has 3 aliphatic rings. The largest absolute Gasteiger partial charge is 0.490 e. The van der Waals surface area contributed by atoms with Gasteiger partial charge in [0.1, 0.15) is 6.10 Å². The molecule has 2 aliphatic heterocycles. The van der Waals surface area contributed by atoms with E-state index in [1.165, 1.54) is 19.3 Å². The summed E-state index contributed by atoms with van der Waals surface area (Å²) in [6.45, 7) is 2.59. The zero-order valence-electron chi connectivity index (χ0n) is 25.7. The summed E-state index contributed by atoms with van der Waals surface area (Å²) in [5.41, 5.74) is 3.39. The van der Waals surface area contributed by atoms with Crippen LogP contribution in [0.5, 0.6) is 0 Å². The zero-order valence-corrected chi connectivity index (χ0v) is 25.7. The van der Waals surface area contributed by atoms with E-state index >= 15 is 0 Å². The highest BCUT2D eigenvalue weighted by Crippen LogP contribution is 2.39. The molecule has 3 fully saturated rings. The zero-order chi connectivity index (χ0) is 29.9. The molecule has 0 bridgehead atoms. The first-order valence-corrected chi connectivity index (χ1v) is 16.3. The maximum Gasteiger partial charge on any atom is 0.168 e. The third-order valence-electron chi connectivity index (χ3n) is 8.81. The first kappa shape index (κ1) is 31.0. The number of benzene rings is 3. The Kier molecular flexibility index (Phi) is 11.2. The average molecular weight is 599 g/mol. The Balaban J connectivity index is 1.14. The van der Waals surface area contributed by atoms with Gasteiger partial charge >= 0.3 is 0 Å². The van der Waals surface area contributed by atoms with Crippen LogP contribution >= 0.6 is 0 Å². The summed E-state index contributed by atoms with van der Waals surface area (Å²) in [6.07, 6.45) is 9.68. The van der Waals surface area contributed by atoms with E-state index in [1.54, 1.807) is 0 Å². The lowest BCUT2D eigenvalue weighted by atomic mass is 9.94. The Morgan fingerprint density at radius 3 is 2.00 bits per heavy atom. The summed E-state index contributed by atoms with van der Waals surface area (Å²) in [7, 11) is 0. The third kappa shape index (κ3) is 8.80. The van der Waals surface area contributed by atoms with Crippen molar-refractivity contribution in [1.82, 2.24) is 0 Å². The van der Waals surface area contributed by atoms with Crippen LogP contribution in [0.2, 0.25) is 0 Å². The molecule has 3 aromatic carbocycles. The van der Waals surface area contributed by atoms with Crippen LogP contribution < -0.4 is 0 Å². The molecule has 4 atom stereocenters. The SMILES string of the molecule is C(CCC1COC2(CCCCC2)O1)=C1C[C@@H](OCc2ccccc2)[C@H](OCc2ccccc2)[C@@H](COCc2ccccc2)O1. The van der Waals surface area contributed by atoms with Gasteiger partial charge in [-0.05, 0) is 48.4 Å². The highest BCUT2D eigenvalue weighted by atomic mass is 16.7. The molecule has 0 amide bonds. The van der Waals surface area contributed by atoms with Crippen molar-refractivity contribution >= 4 is 0 Å². The van der Waals surface area contributed by atoms with Crippen LogP contribution in [0.15, 0.2) is 103 Å². The average Bonchev–Trinajstić information content (AvgIpc) is 3.46. The van der Waals surface area contributed by atoms with E-state index in [0.717, 1.165) is 48.1 Å². The van der Waals surface area contributed by atoms with Crippen LogP contribution in [-0.4, -0.2) is 43.4 Å². The van der Waals surface area contributed by atoms with Gasteiger partial charge in [-0.25, -0.2) is 0 Å². The normalized spacial score (nSPS) is 25.7. The number of ether oxygens (including phenoxy) is 6. The van der Waals surface area contributed by atoms with Gasteiger partial charge in [0.2, 0.25) is 0 Å². The summed E-state index contributed by atoms with van der Waals surface area (Å²) < 4.78 is 38.7. The fourth-order valence-electron chi connectivity index (χ4n) is 6.45. The number of hydrogen-bond donors (Lipinski definition) is 0. The van der Waals surface area contributed by atoms with Crippen LogP contribution in [0.25, 0.3) is 0 Å². The molecule has 44 heavy (non-hydrogen) atoms. The van der Waals surface area contributed by atoms with Crippen LogP contribution in [0.1, 0.15) is 68.1 Å². The second-order valence-electron chi connectivity index (χ2n) is 12.2. The Morgan fingerprint density at radius 1 is 0.727 bits per heavy atom. The van der Waals surface area contributed by atoms with Crippen LogP contribution in [0.4, 0.5) is 0 Å². The first-order valence-electron chi connectivity index (χ1n) is 16.3. The van der Waals surface area contributed by atoms with Gasteiger partial charge in [-0.2, -0.15) is 0 Å². The standard InChI is InChI=1S/C38H46O6/c1-5-14-30(15-6-1)25-39-29-36-37(41-27-32-18-9-3-10-19-32)35(40-26-31-16-7-2-8-17-31)24-33(43-36)20-13-21-34-28-42-38(44-34)22-11-4-12-23-38/h1-3,5-10,14-20,34-37H,4,11-13,21-29H2/t34?,35-,36-,37+/m1/s1. The molecule has 3 aromatic rings. The summed E-state index contributed by atoms with van der Waals surface area (Å²) in [5, 5.41) is 0. The Labute approximate surface area is 262 Å². The monoisotopic (exact) mass is 598 g/mol. The molecule has 6 heteroatoms. The van der Waals surface area contributed by atoms with Gasteiger partial charge in [0.25, 0.3) is 0 Å². The smallest absolute Gasteiger partial charge is 0.168 e. The van der Waals surface area contributed by atoms with Crippen LogP contribution in [0.3, 0.4) is 0 Å². The van der Waals surface area contributed by atoms with Gasteiger partial charge in [-0.1, -0.05) is 97.4 Å². The van der Waals surface area contributed by atoms with E-state index in [9.17, 15) is 0 Å². The number of hydrogen-bond acceptors (Lipinski definition) is 6. The maximum atomic E-state index is 6.64. The lowest BCUT2D eigenvalue weighted by molar-refractivity contribution is -0.187. The van der Waals surface area contributed by atoms with Crippen LogP contribution in [0, 0.1) is 0 Å². The van der Waals surface area contributed by atoms with Gasteiger partial charge in [0.05, 0.1) is 51.0 Å². The van der Waals surface area contributed by atoms with Crippen molar-refractivity contribution in [3.8, 4) is 0 Å². The van der Waals surface area contributed by atoms with E-state index in [0.29, 0.717) is 39.5 Å². The lowest BCUT2D eigenvalue weighted by Crippen LogP contribution is -2.48. The van der Waals surface area contributed by atoms with E-state index < -0.39 is 0 Å². The molecule has 6 rings (SSSR count). The fourth-order valence-corrected chi connectivity index (χ4v) is 6.45. The number of rotatable bonds is 13. The first-order chi connectivity index (χ1) is 21.7. The molecular weight excluding hydrogens is 552 g/mol. The van der Waals surface area contributed by atoms with Gasteiger partial charge < -0.3 is 28.4 Å². The molecule has 2 heterocycles. The molecule has 1 unspecified atom stereocenters. The predicted molar refractivity (Wildman–Crippen MR) is 170 cm³/mol. The van der Waals surface area contributed by atoms with E-state index in [-0.39, 0.29) is 30.2 Å². The predicted octanol–water partition coefficient (Wildman–Crippen LogP) is 7.90. The van der Waals surface area contributed by atoms with E-state index in [4.69, 9.17) is 28.4 Å². The molecule has 6 nitrogen and oxygen atoms in total. The van der Waals surface area contributed by atoms with Gasteiger partial charge in [0.15, 0.2) is 11.9 Å². The molecule has 234 valence electrons. The van der Waals surface area contributed by atoms with Crippen molar-refractivity contribution in [2.24, 2.45) is 0 Å². The molecule has 1 spiro atoms. The molecule has 2 saturated heterocycles. The van der Waals surface area contributed by atoms with Crippen molar-refractivity contribution in [1.29, 1.82) is 0 Å². The Bertz CT molecular complexity index is 1270. The third-order valence-corrected chi connectivity index (χ3v) is 8.81. The highest BCUT2D eigenvalue weighted by Gasteiger charge is 2.42. The summed E-state index contributed by atoms with van der Waals surface area (Å²) in [4.78, 5) is 0. The number of allylic oxidation sites excluding steroid dienone is 1. The van der Waals surface area contributed by atoms with Crippen molar-refractivity contribution in [3.63, 3.8) is 0 Å².